The fourth-order valence-electron chi connectivity index (χ4n) is 3.11. The molecule has 1 saturated heterocycles. The molecule has 138 valence electrons. The van der Waals surface area contributed by atoms with Gasteiger partial charge in [-0.2, -0.15) is 0 Å². The first-order valence-electron chi connectivity index (χ1n) is 9.25. The Morgan fingerprint density at radius 1 is 1.12 bits per heavy atom. The third-order valence-electron chi connectivity index (χ3n) is 5.53. The molecule has 1 aliphatic rings. The SMILES string of the molecule is CCCCc1ccc(C(C)(NC(C)=O)B2OC(C)(C)C(C)(C)O2)cc1. The van der Waals surface area contributed by atoms with Gasteiger partial charge >= 0.3 is 7.12 Å². The van der Waals surface area contributed by atoms with Crippen LogP contribution in [0.3, 0.4) is 0 Å². The van der Waals surface area contributed by atoms with Gasteiger partial charge in [-0.15, -0.1) is 0 Å². The van der Waals surface area contributed by atoms with Crippen molar-refractivity contribution in [3.05, 3.63) is 35.4 Å². The minimum Gasteiger partial charge on any atom is -0.401 e. The summed E-state index contributed by atoms with van der Waals surface area (Å²) in [5.74, 6) is -0.104. The zero-order valence-corrected chi connectivity index (χ0v) is 16.7. The quantitative estimate of drug-likeness (QED) is 0.793. The second-order valence-electron chi connectivity index (χ2n) is 8.27. The molecule has 0 spiro atoms. The third-order valence-corrected chi connectivity index (χ3v) is 5.53. The molecule has 0 aromatic heterocycles. The minimum absolute atomic E-state index is 0.104. The molecule has 1 unspecified atom stereocenters. The van der Waals surface area contributed by atoms with Crippen molar-refractivity contribution in [1.29, 1.82) is 0 Å². The Morgan fingerprint density at radius 2 is 1.64 bits per heavy atom. The van der Waals surface area contributed by atoms with Gasteiger partial charge in [0.15, 0.2) is 0 Å². The van der Waals surface area contributed by atoms with Gasteiger partial charge in [0.05, 0.1) is 16.6 Å². The number of rotatable bonds is 6. The van der Waals surface area contributed by atoms with Gasteiger partial charge in [-0.1, -0.05) is 37.6 Å². The number of hydrogen-bond donors (Lipinski definition) is 1. The summed E-state index contributed by atoms with van der Waals surface area (Å²) in [4.78, 5) is 11.9. The summed E-state index contributed by atoms with van der Waals surface area (Å²) < 4.78 is 12.5. The fraction of sp³-hybridized carbons (Fsp3) is 0.650. The first kappa shape index (κ1) is 20.0. The summed E-state index contributed by atoms with van der Waals surface area (Å²) in [5.41, 5.74) is 0.656. The van der Waals surface area contributed by atoms with E-state index in [-0.39, 0.29) is 5.91 Å². The lowest BCUT2D eigenvalue weighted by atomic mass is 9.61. The standard InChI is InChI=1S/C20H32BNO3/c1-8-9-10-16-11-13-17(14-12-16)20(7,22-15(2)23)21-24-18(3,4)19(5,6)25-21/h11-14H,8-10H2,1-7H3,(H,22,23). The van der Waals surface area contributed by atoms with Crippen molar-refractivity contribution >= 4 is 13.0 Å². The number of carbonyl (C=O) groups excluding carboxylic acids is 1. The van der Waals surface area contributed by atoms with Crippen LogP contribution in [0, 0.1) is 0 Å². The maximum atomic E-state index is 11.9. The van der Waals surface area contributed by atoms with Gasteiger partial charge in [0.1, 0.15) is 0 Å². The van der Waals surface area contributed by atoms with Crippen molar-refractivity contribution < 1.29 is 14.1 Å². The summed E-state index contributed by atoms with van der Waals surface area (Å²) in [6.07, 6.45) is 3.43. The van der Waals surface area contributed by atoms with E-state index in [1.54, 1.807) is 0 Å². The number of nitrogens with one attached hydrogen (secondary N) is 1. The highest BCUT2D eigenvalue weighted by Gasteiger charge is 2.59. The molecule has 1 aliphatic heterocycles. The fourth-order valence-corrected chi connectivity index (χ4v) is 3.11. The van der Waals surface area contributed by atoms with E-state index in [2.05, 4.69) is 36.5 Å². The highest BCUT2D eigenvalue weighted by atomic mass is 16.7. The molecule has 0 saturated carbocycles. The van der Waals surface area contributed by atoms with Crippen LogP contribution in [-0.4, -0.2) is 24.2 Å². The van der Waals surface area contributed by atoms with Crippen LogP contribution in [0.1, 0.15) is 72.4 Å². The van der Waals surface area contributed by atoms with E-state index in [0.717, 1.165) is 12.0 Å². The van der Waals surface area contributed by atoms with E-state index in [0.29, 0.717) is 0 Å². The van der Waals surface area contributed by atoms with E-state index in [9.17, 15) is 4.79 Å². The molecular weight excluding hydrogens is 313 g/mol. The monoisotopic (exact) mass is 345 g/mol. The lowest BCUT2D eigenvalue weighted by Gasteiger charge is -2.33. The van der Waals surface area contributed by atoms with Crippen molar-refractivity contribution in [3.8, 4) is 0 Å². The molecule has 1 N–H and O–H groups in total. The molecule has 1 amide bonds. The van der Waals surface area contributed by atoms with Crippen LogP contribution in [-0.2, 0) is 26.0 Å². The van der Waals surface area contributed by atoms with E-state index >= 15 is 0 Å². The molecule has 1 aromatic carbocycles. The Kier molecular flexibility index (Phi) is 5.70. The van der Waals surface area contributed by atoms with Crippen molar-refractivity contribution in [3.63, 3.8) is 0 Å². The zero-order valence-electron chi connectivity index (χ0n) is 16.7. The van der Waals surface area contributed by atoms with Crippen molar-refractivity contribution in [2.75, 3.05) is 0 Å². The summed E-state index contributed by atoms with van der Waals surface area (Å²) >= 11 is 0. The van der Waals surface area contributed by atoms with Gasteiger partial charge in [0.2, 0.25) is 5.91 Å². The van der Waals surface area contributed by atoms with Crippen LogP contribution < -0.4 is 5.32 Å². The highest BCUT2D eigenvalue weighted by Crippen LogP contribution is 2.42. The van der Waals surface area contributed by atoms with E-state index < -0.39 is 23.8 Å². The van der Waals surface area contributed by atoms with Crippen LogP contribution in [0.4, 0.5) is 0 Å². The summed E-state index contributed by atoms with van der Waals surface area (Å²) in [5, 5.41) is 3.06. The Balaban J connectivity index is 2.33. The molecule has 4 nitrogen and oxygen atoms in total. The van der Waals surface area contributed by atoms with Crippen molar-refractivity contribution in [2.24, 2.45) is 0 Å². The van der Waals surface area contributed by atoms with Gasteiger partial charge in [-0.3, -0.25) is 4.79 Å². The van der Waals surface area contributed by atoms with E-state index in [4.69, 9.17) is 9.31 Å². The van der Waals surface area contributed by atoms with Crippen LogP contribution in [0.15, 0.2) is 24.3 Å². The molecule has 0 bridgehead atoms. The molecule has 0 radical (unpaired) electrons. The van der Waals surface area contributed by atoms with Gasteiger partial charge in [0.25, 0.3) is 0 Å². The maximum Gasteiger partial charge on any atom is 0.489 e. The van der Waals surface area contributed by atoms with Gasteiger partial charge in [-0.25, -0.2) is 0 Å². The number of aryl methyl sites for hydroxylation is 1. The second-order valence-corrected chi connectivity index (χ2v) is 8.27. The van der Waals surface area contributed by atoms with Crippen molar-refractivity contribution in [1.82, 2.24) is 5.32 Å². The number of benzene rings is 1. The van der Waals surface area contributed by atoms with Crippen LogP contribution >= 0.6 is 0 Å². The Hall–Kier alpha value is -1.33. The van der Waals surface area contributed by atoms with Crippen molar-refractivity contribution in [2.45, 2.75) is 84.4 Å². The topological polar surface area (TPSA) is 47.6 Å². The Bertz CT molecular complexity index is 596. The third kappa shape index (κ3) is 4.09. The second kappa shape index (κ2) is 7.12. The van der Waals surface area contributed by atoms with E-state index in [1.807, 2.05) is 34.6 Å². The van der Waals surface area contributed by atoms with Crippen LogP contribution in [0.25, 0.3) is 0 Å². The summed E-state index contributed by atoms with van der Waals surface area (Å²) in [7, 11) is -0.553. The number of unbranched alkanes of at least 4 members (excludes halogenated alkanes) is 1. The molecule has 5 heteroatoms. The summed E-state index contributed by atoms with van der Waals surface area (Å²) in [6.45, 7) is 13.8. The number of hydrogen-bond acceptors (Lipinski definition) is 3. The average Bonchev–Trinajstić information content (AvgIpc) is 2.73. The molecule has 1 heterocycles. The molecule has 0 aliphatic carbocycles. The Labute approximate surface area is 152 Å². The first-order valence-corrected chi connectivity index (χ1v) is 9.25. The van der Waals surface area contributed by atoms with Gasteiger partial charge in [-0.05, 0) is 58.6 Å². The van der Waals surface area contributed by atoms with Gasteiger partial charge < -0.3 is 14.6 Å². The zero-order chi connectivity index (χ0) is 18.9. The molecule has 1 fully saturated rings. The first-order chi connectivity index (χ1) is 11.5. The van der Waals surface area contributed by atoms with E-state index in [1.165, 1.54) is 25.3 Å². The largest absolute Gasteiger partial charge is 0.489 e. The summed E-state index contributed by atoms with van der Waals surface area (Å²) in [6, 6.07) is 8.42. The molecule has 1 aromatic rings. The lowest BCUT2D eigenvalue weighted by molar-refractivity contribution is -0.120. The smallest absolute Gasteiger partial charge is 0.401 e. The number of amides is 1. The highest BCUT2D eigenvalue weighted by molar-refractivity contribution is 6.50. The van der Waals surface area contributed by atoms with Crippen LogP contribution in [0.5, 0.6) is 0 Å². The Morgan fingerprint density at radius 3 is 2.08 bits per heavy atom. The minimum atomic E-state index is -0.750. The lowest BCUT2D eigenvalue weighted by Crippen LogP contribution is -2.55. The molecule has 25 heavy (non-hydrogen) atoms. The average molecular weight is 345 g/mol. The van der Waals surface area contributed by atoms with Gasteiger partial charge in [0, 0.05) is 6.92 Å². The molecule has 1 atom stereocenters. The predicted octanol–water partition coefficient (Wildman–Crippen LogP) is 4.01. The molecule has 2 rings (SSSR count). The van der Waals surface area contributed by atoms with Crippen LogP contribution in [0.2, 0.25) is 0 Å². The number of carbonyl (C=O) groups is 1. The predicted molar refractivity (Wildman–Crippen MR) is 102 cm³/mol. The maximum absolute atomic E-state index is 11.9. The normalized spacial score (nSPS) is 21.0. The molecular formula is C20H32BNO3.